The Balaban J connectivity index is 0.00000255. The first-order valence-corrected chi connectivity index (χ1v) is 15.9. The van der Waals surface area contributed by atoms with Crippen LogP contribution in [0.2, 0.25) is 0 Å². The van der Waals surface area contributed by atoms with Crippen LogP contribution in [0.25, 0.3) is 0 Å². The molecule has 3 aromatic rings. The van der Waals surface area contributed by atoms with E-state index in [0.29, 0.717) is 40.7 Å². The number of hydrogen-bond donors (Lipinski definition) is 2. The standard InChI is InChI=1S/C34H33FN4O6S.C2H2/c1-43-29-15-14-26(21-28(29)35)38-33-39(22-27-9-5-6-19-44-27)32(41)31(46-33)24-10-12-25(13-11-24)37-30(40)16-18-36-34(42)45-20-17-23-7-3-2-4-8-23;1-2/h2-4,6-15,19,21,31H,5,16-18,20,22H2,1H3,(H,36,42)(H,37,40);1-2H. The summed E-state index contributed by atoms with van der Waals surface area (Å²) < 4.78 is 30.1. The Hall–Kier alpha value is -5.54. The molecular weight excluding hydrogens is 635 g/mol. The molecule has 0 saturated carbocycles. The number of halogens is 1. The molecule has 1 saturated heterocycles. The molecule has 2 aliphatic heterocycles. The van der Waals surface area contributed by atoms with Crippen molar-refractivity contribution in [3.8, 4) is 18.6 Å². The highest BCUT2D eigenvalue weighted by molar-refractivity contribution is 8.15. The number of thioether (sulfide) groups is 1. The van der Waals surface area contributed by atoms with E-state index in [1.54, 1.807) is 36.6 Å². The zero-order valence-electron chi connectivity index (χ0n) is 26.3. The largest absolute Gasteiger partial charge is 0.494 e. The molecule has 248 valence electrons. The number of methoxy groups -OCH3 is 1. The molecule has 5 rings (SSSR count). The average Bonchev–Trinajstić information content (AvgIpc) is 3.40. The van der Waals surface area contributed by atoms with Crippen molar-refractivity contribution in [3.05, 3.63) is 114 Å². The highest BCUT2D eigenvalue weighted by Crippen LogP contribution is 2.41. The fraction of sp³-hybridized carbons (Fsp3) is 0.222. The number of carbonyl (C=O) groups excluding carboxylic acids is 3. The van der Waals surface area contributed by atoms with Gasteiger partial charge in [-0.05, 0) is 54.0 Å². The van der Waals surface area contributed by atoms with Gasteiger partial charge >= 0.3 is 6.09 Å². The summed E-state index contributed by atoms with van der Waals surface area (Å²) in [6.45, 7) is 0.532. The molecule has 2 N–H and O–H groups in total. The SMILES string of the molecule is C#C.COc1ccc(N=C2SC(c3ccc(NC(=O)CCNC(=O)OCCc4ccccc4)cc3)C(=O)N2CC2=CCC=CO2)cc1F. The summed E-state index contributed by atoms with van der Waals surface area (Å²) in [6.07, 6.45) is 14.1. The predicted octanol–water partition coefficient (Wildman–Crippen LogP) is 6.50. The Bertz CT molecular complexity index is 1690. The summed E-state index contributed by atoms with van der Waals surface area (Å²) in [5.74, 6) is -0.334. The number of nitrogens with zero attached hydrogens (tertiary/aromatic N) is 2. The molecule has 10 nitrogen and oxygen atoms in total. The lowest BCUT2D eigenvalue weighted by molar-refractivity contribution is -0.126. The molecule has 1 fully saturated rings. The van der Waals surface area contributed by atoms with E-state index in [2.05, 4.69) is 28.5 Å². The third-order valence-electron chi connectivity index (χ3n) is 7.00. The number of amidine groups is 1. The maximum Gasteiger partial charge on any atom is 0.407 e. The molecule has 12 heteroatoms. The van der Waals surface area contributed by atoms with Gasteiger partial charge in [-0.3, -0.25) is 14.5 Å². The van der Waals surface area contributed by atoms with E-state index in [1.807, 2.05) is 42.5 Å². The quantitative estimate of drug-likeness (QED) is 0.211. The number of hydrogen-bond acceptors (Lipinski definition) is 8. The number of amides is 3. The highest BCUT2D eigenvalue weighted by Gasteiger charge is 2.39. The van der Waals surface area contributed by atoms with Gasteiger partial charge in [-0.1, -0.05) is 54.2 Å². The minimum absolute atomic E-state index is 0.0559. The van der Waals surface area contributed by atoms with Gasteiger partial charge in [0.25, 0.3) is 0 Å². The van der Waals surface area contributed by atoms with E-state index in [4.69, 9.17) is 14.2 Å². The lowest BCUT2D eigenvalue weighted by atomic mass is 10.1. The van der Waals surface area contributed by atoms with Crippen molar-refractivity contribution in [2.75, 3.05) is 32.1 Å². The molecule has 48 heavy (non-hydrogen) atoms. The zero-order chi connectivity index (χ0) is 34.3. The molecule has 3 aromatic carbocycles. The highest BCUT2D eigenvalue weighted by atomic mass is 32.2. The second-order valence-electron chi connectivity index (χ2n) is 10.2. The van der Waals surface area contributed by atoms with Crippen LogP contribution in [0.5, 0.6) is 5.75 Å². The Kier molecular flexibility index (Phi) is 13.2. The summed E-state index contributed by atoms with van der Waals surface area (Å²) >= 11 is 1.25. The van der Waals surface area contributed by atoms with E-state index < -0.39 is 17.2 Å². The van der Waals surface area contributed by atoms with Gasteiger partial charge < -0.3 is 24.8 Å². The zero-order valence-corrected chi connectivity index (χ0v) is 27.1. The van der Waals surface area contributed by atoms with E-state index in [-0.39, 0.29) is 43.7 Å². The summed E-state index contributed by atoms with van der Waals surface area (Å²) in [5, 5.41) is 5.17. The van der Waals surface area contributed by atoms with Gasteiger partial charge in [0.2, 0.25) is 11.8 Å². The number of rotatable bonds is 12. The van der Waals surface area contributed by atoms with Gasteiger partial charge in [0.05, 0.1) is 32.2 Å². The van der Waals surface area contributed by atoms with Crippen LogP contribution in [0.3, 0.4) is 0 Å². The van der Waals surface area contributed by atoms with Crippen LogP contribution in [-0.4, -0.2) is 54.8 Å². The van der Waals surface area contributed by atoms with Crippen LogP contribution in [0, 0.1) is 18.7 Å². The van der Waals surface area contributed by atoms with Crippen LogP contribution < -0.4 is 15.4 Å². The second kappa shape index (κ2) is 18.0. The number of benzene rings is 3. The Morgan fingerprint density at radius 1 is 1.10 bits per heavy atom. The molecular formula is C36H35FN4O6S. The van der Waals surface area contributed by atoms with E-state index in [0.717, 1.165) is 5.56 Å². The second-order valence-corrected chi connectivity index (χ2v) is 11.3. The number of ether oxygens (including phenoxy) is 3. The first-order chi connectivity index (χ1) is 23.4. The first kappa shape index (κ1) is 35.3. The molecule has 0 bridgehead atoms. The Morgan fingerprint density at radius 3 is 2.56 bits per heavy atom. The molecule has 2 heterocycles. The first-order valence-electron chi connectivity index (χ1n) is 15.0. The number of nitrogens with one attached hydrogen (secondary N) is 2. The summed E-state index contributed by atoms with van der Waals surface area (Å²) in [7, 11) is 1.38. The summed E-state index contributed by atoms with van der Waals surface area (Å²) in [4.78, 5) is 44.1. The van der Waals surface area contributed by atoms with Crippen LogP contribution in [-0.2, 0) is 25.5 Å². The van der Waals surface area contributed by atoms with Gasteiger partial charge in [0.15, 0.2) is 16.7 Å². The van der Waals surface area contributed by atoms with Crippen molar-refractivity contribution in [2.24, 2.45) is 4.99 Å². The Labute approximate surface area is 283 Å². The van der Waals surface area contributed by atoms with Crippen molar-refractivity contribution in [2.45, 2.75) is 24.5 Å². The minimum atomic E-state index is -0.608. The molecule has 0 radical (unpaired) electrons. The van der Waals surface area contributed by atoms with Gasteiger partial charge in [-0.25, -0.2) is 14.2 Å². The van der Waals surface area contributed by atoms with Crippen LogP contribution >= 0.6 is 11.8 Å². The minimum Gasteiger partial charge on any atom is -0.494 e. The molecule has 1 unspecified atom stereocenters. The fourth-order valence-corrected chi connectivity index (χ4v) is 5.80. The molecule has 0 aromatic heterocycles. The normalized spacial score (nSPS) is 15.9. The van der Waals surface area contributed by atoms with Crippen LogP contribution in [0.15, 0.2) is 102 Å². The number of carbonyl (C=O) groups is 3. The summed E-state index contributed by atoms with van der Waals surface area (Å²) in [6, 6.07) is 21.0. The fourth-order valence-electron chi connectivity index (χ4n) is 4.63. The lowest BCUT2D eigenvalue weighted by Gasteiger charge is -2.19. The molecule has 2 aliphatic rings. The number of terminal acetylenes is 1. The monoisotopic (exact) mass is 670 g/mol. The van der Waals surface area contributed by atoms with Gasteiger partial charge in [0.1, 0.15) is 11.0 Å². The Morgan fingerprint density at radius 2 is 1.88 bits per heavy atom. The molecule has 0 spiro atoms. The predicted molar refractivity (Wildman–Crippen MR) is 184 cm³/mol. The maximum absolute atomic E-state index is 14.4. The van der Waals surface area contributed by atoms with Crippen molar-refractivity contribution in [1.82, 2.24) is 10.2 Å². The number of alkyl carbamates (subject to hydrolysis) is 1. The topological polar surface area (TPSA) is 119 Å². The van der Waals surface area contributed by atoms with E-state index in [1.165, 1.54) is 35.9 Å². The van der Waals surface area contributed by atoms with Crippen molar-refractivity contribution in [3.63, 3.8) is 0 Å². The van der Waals surface area contributed by atoms with Crippen molar-refractivity contribution >= 4 is 46.2 Å². The molecule has 0 aliphatic carbocycles. The third kappa shape index (κ3) is 9.98. The maximum atomic E-state index is 14.4. The summed E-state index contributed by atoms with van der Waals surface area (Å²) in [5.41, 5.74) is 2.66. The van der Waals surface area contributed by atoms with Crippen molar-refractivity contribution in [1.29, 1.82) is 0 Å². The lowest BCUT2D eigenvalue weighted by Crippen LogP contribution is -2.32. The van der Waals surface area contributed by atoms with E-state index >= 15 is 0 Å². The number of aliphatic imine (C=N–C) groups is 1. The number of anilines is 1. The van der Waals surface area contributed by atoms with E-state index in [9.17, 15) is 18.8 Å². The van der Waals surface area contributed by atoms with Gasteiger partial charge in [0, 0.05) is 31.1 Å². The number of allylic oxidation sites excluding steroid dienone is 2. The van der Waals surface area contributed by atoms with Crippen LogP contribution in [0.1, 0.15) is 29.2 Å². The van der Waals surface area contributed by atoms with Crippen LogP contribution in [0.4, 0.5) is 20.6 Å². The molecule has 3 amide bonds. The smallest absolute Gasteiger partial charge is 0.407 e. The molecule has 1 atom stereocenters. The average molecular weight is 671 g/mol. The third-order valence-corrected chi connectivity index (χ3v) is 8.23. The van der Waals surface area contributed by atoms with Gasteiger partial charge in [-0.15, -0.1) is 12.8 Å². The van der Waals surface area contributed by atoms with Crippen molar-refractivity contribution < 1.29 is 33.0 Å². The van der Waals surface area contributed by atoms with Gasteiger partial charge in [-0.2, -0.15) is 0 Å².